The molecule has 18 nitrogen and oxygen atoms in total. The minimum Gasteiger partial charge on any atom is -0.497 e. The summed E-state index contributed by atoms with van der Waals surface area (Å²) >= 11 is 0. The zero-order valence-corrected chi connectivity index (χ0v) is 41.0. The number of allylic oxidation sites excluding steroid dienone is 1. The molecule has 1 amide bonds. The van der Waals surface area contributed by atoms with Crippen molar-refractivity contribution in [2.75, 3.05) is 32.8 Å². The summed E-state index contributed by atoms with van der Waals surface area (Å²) in [4.78, 5) is 84.2. The predicted molar refractivity (Wildman–Crippen MR) is 241 cm³/mol. The van der Waals surface area contributed by atoms with Crippen molar-refractivity contribution in [3.63, 3.8) is 0 Å². The van der Waals surface area contributed by atoms with Crippen molar-refractivity contribution in [2.45, 2.75) is 141 Å². The average Bonchev–Trinajstić information content (AvgIpc) is 3.21. The maximum atomic E-state index is 15.5. The number of ether oxygens (including phenoxy) is 8. The Balaban J connectivity index is 1.75. The van der Waals surface area contributed by atoms with Crippen molar-refractivity contribution in [1.29, 1.82) is 0 Å². The largest absolute Gasteiger partial charge is 0.497 e. The SMILES string of the molecule is COc1ccc(OC)c(C(=O)O[C@H]2[C@H]3C(C(=O)[C@H](OC(=O)CCSSC)C4=C(C)[C@@H](OC(=O)[C@H](O)[C@H](C=C(C)C)NC(=O)OC(C)(C)C)C[C@]2(O)C4(C)C)[C@@H](O)C[C@H]2OC[C@@]32OC(C)=O)c1. The molecule has 0 spiro atoms. The van der Waals surface area contributed by atoms with E-state index in [9.17, 15) is 39.3 Å². The number of nitrogens with one attached hydrogen (secondary N) is 1. The van der Waals surface area contributed by atoms with Gasteiger partial charge in [0.05, 0.1) is 51.2 Å². The molecule has 1 aromatic carbocycles. The fraction of sp³-hybridized carbons (Fsp3) is 0.652. The molecule has 366 valence electrons. The van der Waals surface area contributed by atoms with Gasteiger partial charge in [-0.25, -0.2) is 14.4 Å². The van der Waals surface area contributed by atoms with Gasteiger partial charge in [-0.2, -0.15) is 0 Å². The van der Waals surface area contributed by atoms with Gasteiger partial charge in [-0.3, -0.25) is 14.4 Å². The topological polar surface area (TPSA) is 249 Å². The van der Waals surface area contributed by atoms with Crippen molar-refractivity contribution in [3.8, 4) is 11.5 Å². The highest BCUT2D eigenvalue weighted by atomic mass is 33.1. The number of carbonyl (C=O) groups is 6. The van der Waals surface area contributed by atoms with Crippen LogP contribution in [-0.2, 0) is 47.6 Å². The maximum Gasteiger partial charge on any atom is 0.408 e. The van der Waals surface area contributed by atoms with E-state index in [0.29, 0.717) is 11.3 Å². The number of methoxy groups -OCH3 is 2. The van der Waals surface area contributed by atoms with Crippen LogP contribution in [0.5, 0.6) is 11.5 Å². The number of aliphatic hydroxyl groups is 3. The summed E-state index contributed by atoms with van der Waals surface area (Å²) in [6, 6.07) is 2.97. The Morgan fingerprint density at radius 2 is 1.73 bits per heavy atom. The second kappa shape index (κ2) is 20.5. The molecule has 3 fully saturated rings. The second-order valence-electron chi connectivity index (χ2n) is 18.7. The number of amides is 1. The van der Waals surface area contributed by atoms with Gasteiger partial charge in [-0.15, -0.1) is 0 Å². The van der Waals surface area contributed by atoms with Crippen molar-refractivity contribution in [3.05, 3.63) is 46.6 Å². The lowest BCUT2D eigenvalue weighted by atomic mass is 9.48. The average molecular weight is 966 g/mol. The third kappa shape index (κ3) is 10.5. The lowest BCUT2D eigenvalue weighted by Gasteiger charge is -2.64. The Morgan fingerprint density at radius 1 is 1.05 bits per heavy atom. The molecular formula is C46H63NO17S2. The molecule has 1 aliphatic heterocycles. The minimum atomic E-state index is -2.46. The van der Waals surface area contributed by atoms with Gasteiger partial charge in [0.25, 0.3) is 0 Å². The Morgan fingerprint density at radius 3 is 2.29 bits per heavy atom. The fourth-order valence-electron chi connectivity index (χ4n) is 9.65. The summed E-state index contributed by atoms with van der Waals surface area (Å²) in [5.41, 5.74) is -6.34. The monoisotopic (exact) mass is 965 g/mol. The van der Waals surface area contributed by atoms with Crippen LogP contribution < -0.4 is 14.8 Å². The molecule has 3 aliphatic carbocycles. The van der Waals surface area contributed by atoms with E-state index in [-0.39, 0.29) is 47.7 Å². The first-order chi connectivity index (χ1) is 30.8. The van der Waals surface area contributed by atoms with Crippen molar-refractivity contribution in [1.82, 2.24) is 5.32 Å². The Bertz CT molecular complexity index is 2110. The van der Waals surface area contributed by atoms with E-state index in [1.54, 1.807) is 54.5 Å². The summed E-state index contributed by atoms with van der Waals surface area (Å²) < 4.78 is 46.8. The summed E-state index contributed by atoms with van der Waals surface area (Å²) in [6.45, 7) is 13.7. The Hall–Kier alpha value is -4.34. The van der Waals surface area contributed by atoms with E-state index in [1.807, 2.05) is 6.26 Å². The molecule has 1 aromatic rings. The molecule has 1 unspecified atom stereocenters. The normalized spacial score (nSPS) is 29.7. The van der Waals surface area contributed by atoms with Crippen LogP contribution in [0.25, 0.3) is 0 Å². The summed E-state index contributed by atoms with van der Waals surface area (Å²) in [7, 11) is 5.50. The van der Waals surface area contributed by atoms with Crippen LogP contribution in [-0.4, -0.2) is 143 Å². The number of esters is 4. The molecular weight excluding hydrogens is 903 g/mol. The van der Waals surface area contributed by atoms with E-state index < -0.39 is 119 Å². The van der Waals surface area contributed by atoms with Crippen molar-refractivity contribution < 1.29 is 82.0 Å². The zero-order chi connectivity index (χ0) is 49.3. The quantitative estimate of drug-likeness (QED) is 0.0624. The first kappa shape index (κ1) is 52.6. The third-order valence-corrected chi connectivity index (χ3v) is 14.5. The van der Waals surface area contributed by atoms with E-state index in [0.717, 1.165) is 6.92 Å². The van der Waals surface area contributed by atoms with E-state index >= 15 is 4.79 Å². The van der Waals surface area contributed by atoms with Crippen molar-refractivity contribution >= 4 is 57.3 Å². The number of rotatable bonds is 15. The minimum absolute atomic E-state index is 0.0219. The predicted octanol–water partition coefficient (Wildman–Crippen LogP) is 4.43. The highest BCUT2D eigenvalue weighted by molar-refractivity contribution is 8.76. The van der Waals surface area contributed by atoms with Gasteiger partial charge in [0.15, 0.2) is 23.6 Å². The number of hydrogen-bond acceptors (Lipinski definition) is 19. The number of carbonyl (C=O) groups excluding carboxylic acids is 6. The highest BCUT2D eigenvalue weighted by Crippen LogP contribution is 2.61. The molecule has 1 heterocycles. The zero-order valence-electron chi connectivity index (χ0n) is 39.4. The van der Waals surface area contributed by atoms with Gasteiger partial charge in [-0.05, 0) is 77.1 Å². The van der Waals surface area contributed by atoms with E-state index in [2.05, 4.69) is 5.32 Å². The molecule has 2 saturated carbocycles. The van der Waals surface area contributed by atoms with Gasteiger partial charge in [0, 0.05) is 30.9 Å². The fourth-order valence-corrected chi connectivity index (χ4v) is 10.8. The third-order valence-electron chi connectivity index (χ3n) is 12.7. The molecule has 0 radical (unpaired) electrons. The number of alkyl carbamates (subject to hydrolysis) is 1. The van der Waals surface area contributed by atoms with Crippen LogP contribution in [0.3, 0.4) is 0 Å². The standard InChI is InChI=1S/C46H63NO17S2/c1-22(2)17-27(47-42(55)64-43(5,6)7)36(51)41(54)60-30-20-46(56)39(62-40(53)26-18-25(57-10)13-14-29(26)58-11)35-33(28(49)19-31-45(35,21-59-31)63-24(4)48)37(52)38(34(23(30)3)44(46,8)9)61-32(50)15-16-66-65-12/h13-14,17-18,27-28,30-31,33,35-36,38-39,49,51,56H,15-16,19-21H2,1-12H3,(H,47,55)/t27-,28-,30-,31+,33?,35+,36+,38+,39-,45-,46+/m0/s1. The first-order valence-electron chi connectivity index (χ1n) is 21.5. The van der Waals surface area contributed by atoms with Gasteiger partial charge in [0.2, 0.25) is 0 Å². The van der Waals surface area contributed by atoms with Gasteiger partial charge in [-0.1, -0.05) is 47.1 Å². The number of fused-ring (bicyclic) bond motifs is 5. The van der Waals surface area contributed by atoms with Crippen LogP contribution in [0.4, 0.5) is 4.79 Å². The van der Waals surface area contributed by atoms with Crippen LogP contribution in [0.1, 0.15) is 91.9 Å². The first-order valence-corrected chi connectivity index (χ1v) is 24.3. The molecule has 4 N–H and O–H groups in total. The summed E-state index contributed by atoms with van der Waals surface area (Å²) in [5, 5.41) is 39.9. The number of hydrogen-bond donors (Lipinski definition) is 4. The van der Waals surface area contributed by atoms with Gasteiger partial charge < -0.3 is 58.5 Å². The number of benzene rings is 1. The van der Waals surface area contributed by atoms with Gasteiger partial charge in [0.1, 0.15) is 46.6 Å². The molecule has 5 rings (SSSR count). The van der Waals surface area contributed by atoms with Crippen molar-refractivity contribution in [2.24, 2.45) is 17.3 Å². The van der Waals surface area contributed by atoms with Gasteiger partial charge >= 0.3 is 30.0 Å². The number of ketones is 1. The van der Waals surface area contributed by atoms with E-state index in [4.69, 9.17) is 37.9 Å². The molecule has 11 atom stereocenters. The molecule has 4 aliphatic rings. The van der Waals surface area contributed by atoms with Crippen LogP contribution in [0, 0.1) is 17.3 Å². The Labute approximate surface area is 392 Å². The lowest BCUT2D eigenvalue weighted by Crippen LogP contribution is -2.79. The van der Waals surface area contributed by atoms with Crippen LogP contribution in [0.2, 0.25) is 0 Å². The maximum absolute atomic E-state index is 15.5. The number of aliphatic hydroxyl groups excluding tert-OH is 2. The smallest absolute Gasteiger partial charge is 0.408 e. The summed E-state index contributed by atoms with van der Waals surface area (Å²) in [6.07, 6.45) is -8.59. The highest BCUT2D eigenvalue weighted by Gasteiger charge is 2.75. The van der Waals surface area contributed by atoms with Crippen LogP contribution in [0.15, 0.2) is 41.0 Å². The van der Waals surface area contributed by atoms with E-state index in [1.165, 1.54) is 60.9 Å². The lowest BCUT2D eigenvalue weighted by molar-refractivity contribution is -0.332. The Kier molecular flexibility index (Phi) is 16.3. The second-order valence-corrected chi connectivity index (χ2v) is 21.4. The molecule has 1 saturated heterocycles. The molecule has 2 bridgehead atoms. The summed E-state index contributed by atoms with van der Waals surface area (Å²) in [5.74, 6) is -7.43. The number of Topliss-reactive ketones (excluding diaryl/α,β-unsaturated/α-hetero) is 1. The van der Waals surface area contributed by atoms with Crippen LogP contribution >= 0.6 is 21.6 Å². The molecule has 0 aromatic heterocycles. The molecule has 20 heteroatoms. The molecule has 66 heavy (non-hydrogen) atoms.